The first-order chi connectivity index (χ1) is 14.6. The summed E-state index contributed by atoms with van der Waals surface area (Å²) in [7, 11) is -3.85. The van der Waals surface area contributed by atoms with Crippen molar-refractivity contribution in [1.29, 1.82) is 5.41 Å². The first kappa shape index (κ1) is 26.6. The Hall–Kier alpha value is -2.39. The minimum absolute atomic E-state index is 0.0686. The fourth-order valence-corrected chi connectivity index (χ4v) is 4.35. The van der Waals surface area contributed by atoms with Crippen LogP contribution < -0.4 is 10.0 Å². The number of carbonyl (C=O) groups is 3. The molecule has 0 fully saturated rings. The zero-order chi connectivity index (χ0) is 23.4. The van der Waals surface area contributed by atoms with Crippen LogP contribution in [0.15, 0.2) is 35.2 Å². The van der Waals surface area contributed by atoms with Crippen molar-refractivity contribution in [3.05, 3.63) is 30.3 Å². The van der Waals surface area contributed by atoms with Crippen LogP contribution in [0.4, 0.5) is 0 Å². The predicted molar refractivity (Wildman–Crippen MR) is 119 cm³/mol. The minimum Gasteiger partial charge on any atom is -0.346 e. The average molecular weight is 452 g/mol. The number of unbranched alkanes of at least 4 members (excludes halogenated alkanes) is 1. The molecule has 0 unspecified atom stereocenters. The summed E-state index contributed by atoms with van der Waals surface area (Å²) in [5.74, 6) is -1.50. The fraction of sp³-hybridized carbons (Fsp3) is 0.545. The lowest BCUT2D eigenvalue weighted by molar-refractivity contribution is -0.130. The minimum atomic E-state index is -3.85. The number of carbonyl (C=O) groups excluding carboxylic acids is 3. The van der Waals surface area contributed by atoms with Crippen LogP contribution in [0, 0.1) is 11.3 Å². The van der Waals surface area contributed by atoms with E-state index in [0.717, 1.165) is 6.42 Å². The lowest BCUT2D eigenvalue weighted by Gasteiger charge is -2.20. The van der Waals surface area contributed by atoms with E-state index in [2.05, 4.69) is 10.0 Å². The molecule has 1 amide bonds. The number of ketones is 1. The van der Waals surface area contributed by atoms with Gasteiger partial charge in [0.1, 0.15) is 6.29 Å². The Morgan fingerprint density at radius 3 is 2.35 bits per heavy atom. The van der Waals surface area contributed by atoms with E-state index >= 15 is 0 Å². The number of rotatable bonds is 15. The maximum atomic E-state index is 12.6. The summed E-state index contributed by atoms with van der Waals surface area (Å²) in [5, 5.41) is 10.0. The molecule has 0 bridgehead atoms. The molecule has 8 nitrogen and oxygen atoms in total. The molecule has 0 aliphatic rings. The van der Waals surface area contributed by atoms with Gasteiger partial charge in [-0.1, -0.05) is 38.5 Å². The van der Waals surface area contributed by atoms with Crippen LogP contribution >= 0.6 is 0 Å². The molecule has 0 saturated heterocycles. The van der Waals surface area contributed by atoms with E-state index in [4.69, 9.17) is 5.41 Å². The van der Waals surface area contributed by atoms with Crippen molar-refractivity contribution < 1.29 is 22.8 Å². The molecular weight excluding hydrogens is 418 g/mol. The topological polar surface area (TPSA) is 133 Å². The van der Waals surface area contributed by atoms with Gasteiger partial charge in [-0.3, -0.25) is 9.59 Å². The summed E-state index contributed by atoms with van der Waals surface area (Å²) in [6.45, 7) is 4.99. The van der Waals surface area contributed by atoms with Gasteiger partial charge in [-0.25, -0.2) is 13.1 Å². The Bertz CT molecular complexity index is 855. The number of hydrogen-bond acceptors (Lipinski definition) is 6. The van der Waals surface area contributed by atoms with Crippen molar-refractivity contribution in [3.63, 3.8) is 0 Å². The SMILES string of the molecule is CC[C@@H](NS(=O)(=O)c1ccccc1)C(=O)C[C@@H](C)C(=O)N[C@H](C=O)CCCCC(C)=N. The third-order valence-electron chi connectivity index (χ3n) is 4.91. The van der Waals surface area contributed by atoms with Crippen LogP contribution in [-0.2, 0) is 24.4 Å². The monoisotopic (exact) mass is 451 g/mol. The maximum absolute atomic E-state index is 12.6. The zero-order valence-corrected chi connectivity index (χ0v) is 19.2. The molecule has 0 saturated carbocycles. The van der Waals surface area contributed by atoms with Gasteiger partial charge in [-0.2, -0.15) is 0 Å². The van der Waals surface area contributed by atoms with E-state index in [9.17, 15) is 22.8 Å². The zero-order valence-electron chi connectivity index (χ0n) is 18.4. The molecule has 0 radical (unpaired) electrons. The van der Waals surface area contributed by atoms with Crippen LogP contribution in [0.2, 0.25) is 0 Å². The Morgan fingerprint density at radius 1 is 1.16 bits per heavy atom. The van der Waals surface area contributed by atoms with E-state index < -0.39 is 33.9 Å². The van der Waals surface area contributed by atoms with Gasteiger partial charge in [0.05, 0.1) is 17.0 Å². The molecule has 3 atom stereocenters. The second-order valence-corrected chi connectivity index (χ2v) is 9.46. The number of benzene rings is 1. The summed E-state index contributed by atoms with van der Waals surface area (Å²) in [4.78, 5) is 36.4. The first-order valence-electron chi connectivity index (χ1n) is 10.5. The third kappa shape index (κ3) is 9.52. The van der Waals surface area contributed by atoms with Crippen molar-refractivity contribution in [1.82, 2.24) is 10.0 Å². The Kier molecular flexibility index (Phi) is 11.3. The molecule has 0 heterocycles. The van der Waals surface area contributed by atoms with Crippen LogP contribution in [0.1, 0.15) is 59.3 Å². The lowest BCUT2D eigenvalue weighted by Crippen LogP contribution is -2.43. The highest BCUT2D eigenvalue weighted by Crippen LogP contribution is 2.13. The van der Waals surface area contributed by atoms with Crippen LogP contribution in [0.3, 0.4) is 0 Å². The largest absolute Gasteiger partial charge is 0.346 e. The molecular formula is C22H33N3O5S. The van der Waals surface area contributed by atoms with E-state index in [1.807, 2.05) is 0 Å². The Labute approximate surface area is 184 Å². The van der Waals surface area contributed by atoms with E-state index in [1.54, 1.807) is 39.0 Å². The van der Waals surface area contributed by atoms with Gasteiger partial charge in [0, 0.05) is 18.1 Å². The molecule has 0 aliphatic heterocycles. The number of Topliss-reactive ketones (excluding diaryl/α,β-unsaturated/α-hetero) is 1. The van der Waals surface area contributed by atoms with Crippen LogP contribution in [0.5, 0.6) is 0 Å². The predicted octanol–water partition coefficient (Wildman–Crippen LogP) is 2.62. The summed E-state index contributed by atoms with van der Waals surface area (Å²) in [6, 6.07) is 6.20. The standard InChI is InChI=1S/C22H33N3O5S/c1-4-20(25-31(29,30)19-12-6-5-7-13-19)21(27)14-16(2)22(28)24-18(15-26)11-9-8-10-17(3)23/h5-7,12-13,15-16,18,20,23,25H,4,8-11,14H2,1-3H3,(H,24,28)/t16-,18+,20-/m1/s1. The van der Waals surface area contributed by atoms with Gasteiger partial charge in [-0.05, 0) is 44.7 Å². The van der Waals surface area contributed by atoms with Crippen molar-refractivity contribution in [2.75, 3.05) is 0 Å². The second-order valence-electron chi connectivity index (χ2n) is 7.74. The van der Waals surface area contributed by atoms with E-state index in [1.165, 1.54) is 12.1 Å². The van der Waals surface area contributed by atoms with Gasteiger partial charge < -0.3 is 15.5 Å². The first-order valence-corrected chi connectivity index (χ1v) is 12.0. The van der Waals surface area contributed by atoms with Gasteiger partial charge >= 0.3 is 0 Å². The lowest BCUT2D eigenvalue weighted by atomic mass is 9.98. The number of amides is 1. The van der Waals surface area contributed by atoms with Gasteiger partial charge in [-0.15, -0.1) is 0 Å². The highest BCUT2D eigenvalue weighted by molar-refractivity contribution is 7.89. The summed E-state index contributed by atoms with van der Waals surface area (Å²) >= 11 is 0. The van der Waals surface area contributed by atoms with Crippen molar-refractivity contribution in [2.45, 2.75) is 76.3 Å². The van der Waals surface area contributed by atoms with E-state index in [-0.39, 0.29) is 23.5 Å². The van der Waals surface area contributed by atoms with Crippen molar-refractivity contribution in [3.8, 4) is 0 Å². The Morgan fingerprint density at radius 2 is 1.81 bits per heavy atom. The Balaban J connectivity index is 2.62. The van der Waals surface area contributed by atoms with Crippen LogP contribution in [0.25, 0.3) is 0 Å². The molecule has 3 N–H and O–H groups in total. The van der Waals surface area contributed by atoms with Crippen molar-refractivity contribution in [2.24, 2.45) is 5.92 Å². The summed E-state index contributed by atoms with van der Waals surface area (Å²) in [6.07, 6.45) is 3.38. The quantitative estimate of drug-likeness (QED) is 0.214. The number of nitrogens with one attached hydrogen (secondary N) is 3. The molecule has 0 spiro atoms. The van der Waals surface area contributed by atoms with Gasteiger partial charge in [0.25, 0.3) is 0 Å². The smallest absolute Gasteiger partial charge is 0.241 e. The normalized spacial score (nSPS) is 14.3. The number of aldehydes is 1. The van der Waals surface area contributed by atoms with Crippen molar-refractivity contribution >= 4 is 33.7 Å². The maximum Gasteiger partial charge on any atom is 0.241 e. The van der Waals surface area contributed by atoms with Crippen LogP contribution in [-0.4, -0.2) is 44.2 Å². The summed E-state index contributed by atoms with van der Waals surface area (Å²) in [5.41, 5.74) is 0.576. The highest BCUT2D eigenvalue weighted by atomic mass is 32.2. The molecule has 0 aromatic heterocycles. The molecule has 0 aliphatic carbocycles. The number of sulfonamides is 1. The molecule has 1 aromatic rings. The fourth-order valence-electron chi connectivity index (χ4n) is 3.02. The van der Waals surface area contributed by atoms with E-state index in [0.29, 0.717) is 31.3 Å². The molecule has 172 valence electrons. The van der Waals surface area contributed by atoms with Gasteiger partial charge in [0.2, 0.25) is 15.9 Å². The molecule has 31 heavy (non-hydrogen) atoms. The molecule has 9 heteroatoms. The second kappa shape index (κ2) is 13.1. The molecule has 1 rings (SSSR count). The average Bonchev–Trinajstić information content (AvgIpc) is 2.74. The highest BCUT2D eigenvalue weighted by Gasteiger charge is 2.27. The summed E-state index contributed by atoms with van der Waals surface area (Å²) < 4.78 is 27.4. The third-order valence-corrected chi connectivity index (χ3v) is 6.40. The van der Waals surface area contributed by atoms with Gasteiger partial charge in [0.15, 0.2) is 5.78 Å². The number of hydrogen-bond donors (Lipinski definition) is 3. The molecule has 1 aromatic carbocycles.